The molecule has 10 heteroatoms. The normalized spacial score (nSPS) is 12.2. The number of hydrogen-bond acceptors (Lipinski definition) is 7. The number of carbonyl (C=O) groups excluding carboxylic acids is 1. The number of thioether (sulfide) groups is 1. The molecular formula is C15H15N5O3S2. The number of fused-ring (bicyclic) bond motifs is 1. The first-order chi connectivity index (χ1) is 12.1. The van der Waals surface area contributed by atoms with Gasteiger partial charge in [0, 0.05) is 0 Å². The number of hydrogen-bond donors (Lipinski definition) is 2. The fraction of sp³-hybridized carbons (Fsp3) is 0.267. The van der Waals surface area contributed by atoms with Crippen molar-refractivity contribution in [1.82, 2.24) is 19.7 Å². The van der Waals surface area contributed by atoms with Crippen LogP contribution in [0, 0.1) is 0 Å². The topological polar surface area (TPSA) is 110 Å². The molecule has 0 aliphatic carbocycles. The first kappa shape index (κ1) is 17.4. The van der Waals surface area contributed by atoms with Gasteiger partial charge in [0.25, 0.3) is 5.56 Å². The summed E-state index contributed by atoms with van der Waals surface area (Å²) in [5, 5.41) is 10.7. The van der Waals surface area contributed by atoms with Crippen LogP contribution in [0.1, 0.15) is 12.5 Å². The number of benzene rings is 1. The predicted molar refractivity (Wildman–Crippen MR) is 99.4 cm³/mol. The van der Waals surface area contributed by atoms with Crippen molar-refractivity contribution in [3.63, 3.8) is 0 Å². The van der Waals surface area contributed by atoms with E-state index in [1.165, 1.54) is 28.6 Å². The fourth-order valence-corrected chi connectivity index (χ4v) is 3.39. The molecule has 1 atom stereocenters. The molecule has 2 N–H and O–H groups in total. The maximum absolute atomic E-state index is 12.8. The third-order valence-corrected chi connectivity index (χ3v) is 4.89. The molecule has 0 radical (unpaired) electrons. The van der Waals surface area contributed by atoms with Gasteiger partial charge in [0.05, 0.1) is 10.9 Å². The Balaban J connectivity index is 2.06. The van der Waals surface area contributed by atoms with Crippen molar-refractivity contribution >= 4 is 45.0 Å². The lowest BCUT2D eigenvalue weighted by atomic mass is 10.2. The first-order valence-electron chi connectivity index (χ1n) is 7.41. The minimum atomic E-state index is -0.933. The molecule has 3 aromatic rings. The summed E-state index contributed by atoms with van der Waals surface area (Å²) in [6, 6.07) is 5.79. The lowest BCUT2D eigenvalue weighted by Gasteiger charge is -2.17. The van der Waals surface area contributed by atoms with E-state index in [4.69, 9.17) is 0 Å². The van der Waals surface area contributed by atoms with Crippen LogP contribution >= 0.6 is 23.1 Å². The number of aromatic amines is 1. The van der Waals surface area contributed by atoms with Crippen LogP contribution < -0.4 is 16.6 Å². The van der Waals surface area contributed by atoms with Gasteiger partial charge in [0.2, 0.25) is 11.0 Å². The van der Waals surface area contributed by atoms with Gasteiger partial charge in [0.1, 0.15) is 11.6 Å². The maximum atomic E-state index is 12.8. The molecule has 3 rings (SSSR count). The molecule has 0 spiro atoms. The number of nitrogens with zero attached hydrogens (tertiary/aromatic N) is 3. The number of H-pyrrole nitrogens is 1. The molecule has 1 aromatic carbocycles. The van der Waals surface area contributed by atoms with E-state index < -0.39 is 23.2 Å². The molecule has 1 amide bonds. The first-order valence-corrected chi connectivity index (χ1v) is 9.68. The van der Waals surface area contributed by atoms with Crippen LogP contribution in [0.2, 0.25) is 0 Å². The number of anilines is 1. The Morgan fingerprint density at radius 3 is 2.92 bits per heavy atom. The van der Waals surface area contributed by atoms with Crippen LogP contribution in [0.3, 0.4) is 0 Å². The van der Waals surface area contributed by atoms with E-state index in [-0.39, 0.29) is 0 Å². The zero-order valence-corrected chi connectivity index (χ0v) is 14.9. The van der Waals surface area contributed by atoms with Crippen molar-refractivity contribution in [2.75, 3.05) is 17.3 Å². The summed E-state index contributed by atoms with van der Waals surface area (Å²) in [5.74, 6) is 0.154. The molecule has 1 unspecified atom stereocenters. The lowest BCUT2D eigenvalue weighted by molar-refractivity contribution is -0.119. The van der Waals surface area contributed by atoms with E-state index in [2.05, 4.69) is 20.5 Å². The molecule has 0 fully saturated rings. The van der Waals surface area contributed by atoms with Gasteiger partial charge in [-0.3, -0.25) is 14.9 Å². The third-order valence-electron chi connectivity index (χ3n) is 3.64. The van der Waals surface area contributed by atoms with Gasteiger partial charge in [-0.15, -0.1) is 10.2 Å². The maximum Gasteiger partial charge on any atom is 0.329 e. The summed E-state index contributed by atoms with van der Waals surface area (Å²) in [6.07, 6.45) is 2.24. The number of aromatic nitrogens is 4. The van der Waals surface area contributed by atoms with E-state index in [0.29, 0.717) is 28.2 Å². The van der Waals surface area contributed by atoms with E-state index in [1.807, 2.05) is 6.26 Å². The number of rotatable bonds is 6. The molecule has 25 heavy (non-hydrogen) atoms. The van der Waals surface area contributed by atoms with Crippen LogP contribution in [0.15, 0.2) is 39.4 Å². The van der Waals surface area contributed by atoms with Gasteiger partial charge in [-0.1, -0.05) is 23.5 Å². The summed E-state index contributed by atoms with van der Waals surface area (Å²) in [5.41, 5.74) is 0.837. The minimum absolute atomic E-state index is 0.324. The average molecular weight is 377 g/mol. The molecule has 2 aromatic heterocycles. The van der Waals surface area contributed by atoms with Gasteiger partial charge in [-0.2, -0.15) is 11.8 Å². The highest BCUT2D eigenvalue weighted by Gasteiger charge is 2.25. The highest BCUT2D eigenvalue weighted by atomic mass is 32.2. The lowest BCUT2D eigenvalue weighted by Crippen LogP contribution is -2.43. The van der Waals surface area contributed by atoms with Crippen molar-refractivity contribution < 1.29 is 4.79 Å². The largest absolute Gasteiger partial charge is 0.329 e. The zero-order valence-electron chi connectivity index (χ0n) is 13.3. The van der Waals surface area contributed by atoms with Crippen LogP contribution in [0.25, 0.3) is 10.9 Å². The van der Waals surface area contributed by atoms with Crippen molar-refractivity contribution in [1.29, 1.82) is 0 Å². The SMILES string of the molecule is CSCCC(C(=O)Nc1nncs1)n1c(=O)[nH]c2ccccc2c1=O. The number of amides is 1. The summed E-state index contributed by atoms with van der Waals surface area (Å²) in [7, 11) is 0. The molecule has 0 bridgehead atoms. The number of nitrogens with one attached hydrogen (secondary N) is 2. The Hall–Kier alpha value is -2.46. The van der Waals surface area contributed by atoms with E-state index in [0.717, 1.165) is 4.57 Å². The van der Waals surface area contributed by atoms with Crippen molar-refractivity contribution in [3.05, 3.63) is 50.6 Å². The molecular weight excluding hydrogens is 362 g/mol. The number of para-hydroxylation sites is 1. The minimum Gasteiger partial charge on any atom is -0.307 e. The van der Waals surface area contributed by atoms with Crippen LogP contribution in [0.4, 0.5) is 5.13 Å². The van der Waals surface area contributed by atoms with Crippen molar-refractivity contribution in [2.24, 2.45) is 0 Å². The highest BCUT2D eigenvalue weighted by molar-refractivity contribution is 7.98. The molecule has 8 nitrogen and oxygen atoms in total. The molecule has 130 valence electrons. The molecule has 0 saturated heterocycles. The summed E-state index contributed by atoms with van der Waals surface area (Å²) in [4.78, 5) is 40.6. The summed E-state index contributed by atoms with van der Waals surface area (Å²) < 4.78 is 0.981. The number of carbonyl (C=O) groups is 1. The molecule has 0 aliphatic heterocycles. The van der Waals surface area contributed by atoms with E-state index in [9.17, 15) is 14.4 Å². The summed E-state index contributed by atoms with van der Waals surface area (Å²) in [6.45, 7) is 0. The predicted octanol–water partition coefficient (Wildman–Crippen LogP) is 1.47. The Bertz CT molecular complexity index is 996. The fourth-order valence-electron chi connectivity index (χ4n) is 2.48. The average Bonchev–Trinajstić information content (AvgIpc) is 3.10. The Morgan fingerprint density at radius 2 is 2.20 bits per heavy atom. The quantitative estimate of drug-likeness (QED) is 0.673. The van der Waals surface area contributed by atoms with Crippen molar-refractivity contribution in [3.8, 4) is 0 Å². The second-order valence-electron chi connectivity index (χ2n) is 5.18. The molecule has 2 heterocycles. The Kier molecular flexibility index (Phi) is 5.29. The monoisotopic (exact) mass is 377 g/mol. The Labute approximate surface area is 150 Å². The van der Waals surface area contributed by atoms with Gasteiger partial charge in [-0.05, 0) is 30.6 Å². The van der Waals surface area contributed by atoms with Gasteiger partial charge in [0.15, 0.2) is 0 Å². The smallest absolute Gasteiger partial charge is 0.307 e. The van der Waals surface area contributed by atoms with E-state index >= 15 is 0 Å². The van der Waals surface area contributed by atoms with Crippen LogP contribution in [0.5, 0.6) is 0 Å². The van der Waals surface area contributed by atoms with Crippen LogP contribution in [-0.2, 0) is 4.79 Å². The van der Waals surface area contributed by atoms with Gasteiger partial charge in [-0.25, -0.2) is 9.36 Å². The van der Waals surface area contributed by atoms with Crippen LogP contribution in [-0.4, -0.2) is 37.7 Å². The van der Waals surface area contributed by atoms with Gasteiger partial charge >= 0.3 is 5.69 Å². The third kappa shape index (κ3) is 3.64. The second-order valence-corrected chi connectivity index (χ2v) is 7.00. The van der Waals surface area contributed by atoms with Gasteiger partial charge < -0.3 is 4.98 Å². The zero-order chi connectivity index (χ0) is 17.8. The van der Waals surface area contributed by atoms with E-state index in [1.54, 1.807) is 24.3 Å². The summed E-state index contributed by atoms with van der Waals surface area (Å²) >= 11 is 2.70. The standard InChI is InChI=1S/C15H15N5O3S2/c1-24-7-6-11(12(21)18-14-19-16-8-25-14)20-13(22)9-4-2-3-5-10(9)17-15(20)23/h2-5,8,11H,6-7H2,1H3,(H,17,23)(H,18,19,21). The van der Waals surface area contributed by atoms with Crippen molar-refractivity contribution in [2.45, 2.75) is 12.5 Å². The molecule has 0 saturated carbocycles. The Morgan fingerprint density at radius 1 is 1.40 bits per heavy atom. The highest BCUT2D eigenvalue weighted by Crippen LogP contribution is 2.17. The second kappa shape index (κ2) is 7.62. The molecule has 0 aliphatic rings.